The van der Waals surface area contributed by atoms with E-state index in [2.05, 4.69) is 162 Å². The third kappa shape index (κ3) is 6.04. The first-order valence-corrected chi connectivity index (χ1v) is 18.4. The molecule has 0 aliphatic carbocycles. The van der Waals surface area contributed by atoms with E-state index in [-0.39, 0.29) is 0 Å². The molecule has 2 heterocycles. The van der Waals surface area contributed by atoms with Gasteiger partial charge in [-0.15, -0.1) is 0 Å². The maximum atomic E-state index is 5.43. The highest BCUT2D eigenvalue weighted by Crippen LogP contribution is 2.42. The molecule has 8 aromatic carbocycles. The van der Waals surface area contributed by atoms with Crippen LogP contribution in [-0.2, 0) is 0 Å². The van der Waals surface area contributed by atoms with Crippen LogP contribution in [0.15, 0.2) is 200 Å². The Morgan fingerprint density at radius 2 is 0.818 bits per heavy atom. The van der Waals surface area contributed by atoms with Gasteiger partial charge in [-0.1, -0.05) is 182 Å². The molecule has 10 aromatic rings. The van der Waals surface area contributed by atoms with Crippen molar-refractivity contribution in [1.29, 1.82) is 0 Å². The second-order valence-electron chi connectivity index (χ2n) is 13.5. The summed E-state index contributed by atoms with van der Waals surface area (Å²) in [6, 6.07) is 69.2. The Kier molecular flexibility index (Phi) is 8.08. The predicted octanol–water partition coefficient (Wildman–Crippen LogP) is 12.4. The van der Waals surface area contributed by atoms with Gasteiger partial charge in [0.15, 0.2) is 17.5 Å². The third-order valence-corrected chi connectivity index (χ3v) is 10.1. The minimum Gasteiger partial charge on any atom is -0.232 e. The number of rotatable bonds is 7. The molecule has 10 rings (SSSR count). The van der Waals surface area contributed by atoms with Gasteiger partial charge in [0.25, 0.3) is 0 Å². The normalized spacial score (nSPS) is 11.3. The Balaban J connectivity index is 1.17. The van der Waals surface area contributed by atoms with Gasteiger partial charge in [-0.05, 0) is 45.8 Å². The smallest absolute Gasteiger partial charge is 0.164 e. The van der Waals surface area contributed by atoms with E-state index < -0.39 is 0 Å². The summed E-state index contributed by atoms with van der Waals surface area (Å²) in [5.41, 5.74) is 11.3. The van der Waals surface area contributed by atoms with E-state index in [4.69, 9.17) is 20.1 Å². The molecular weight excluding hydrogens is 671 g/mol. The van der Waals surface area contributed by atoms with Crippen LogP contribution in [-0.4, -0.2) is 24.7 Å². The zero-order valence-electron chi connectivity index (χ0n) is 29.8. The molecule has 0 saturated heterocycles. The van der Waals surface area contributed by atoms with Gasteiger partial charge in [-0.2, -0.15) is 5.10 Å². The van der Waals surface area contributed by atoms with Crippen molar-refractivity contribution in [3.05, 3.63) is 200 Å². The summed E-state index contributed by atoms with van der Waals surface area (Å²) in [4.78, 5) is 15.2. The topological polar surface area (TPSA) is 56.5 Å². The molecule has 0 bridgehead atoms. The van der Waals surface area contributed by atoms with Crippen LogP contribution in [0.3, 0.4) is 0 Å². The van der Waals surface area contributed by atoms with Crippen molar-refractivity contribution in [1.82, 2.24) is 24.7 Å². The fraction of sp³-hybridized carbons (Fsp3) is 0. The molecule has 55 heavy (non-hydrogen) atoms. The molecule has 0 atom stereocenters. The lowest BCUT2D eigenvalue weighted by Gasteiger charge is -2.12. The Labute approximate surface area is 318 Å². The van der Waals surface area contributed by atoms with Gasteiger partial charge in [0.1, 0.15) is 5.69 Å². The second-order valence-corrected chi connectivity index (χ2v) is 13.5. The van der Waals surface area contributed by atoms with Gasteiger partial charge in [0, 0.05) is 33.0 Å². The molecular formula is C50H33N5. The number of hydrogen-bond acceptors (Lipinski definition) is 4. The lowest BCUT2D eigenvalue weighted by atomic mass is 9.94. The lowest BCUT2D eigenvalue weighted by molar-refractivity contribution is 0.917. The van der Waals surface area contributed by atoms with Crippen LogP contribution < -0.4 is 0 Å². The molecule has 5 nitrogen and oxygen atoms in total. The monoisotopic (exact) mass is 703 g/mol. The SMILES string of the molecule is c1ccc(-c2ccc(-c3nc(-c4ccccc4)nc(-c4cccc(-n5nc(-c6ccccc6)c6c(-c7ccccc7)cc7ccccc7c65)c4)n3)cc2)cc1. The van der Waals surface area contributed by atoms with Crippen LogP contribution in [0.1, 0.15) is 0 Å². The second kappa shape index (κ2) is 13.8. The first kappa shape index (κ1) is 32.2. The standard InChI is InChI=1S/C50H33N5/c1-5-16-34(17-6-1)35-28-30-39(31-29-35)49-51-48(38-22-11-4-12-23-38)52-50(53-49)41-25-15-26-42(32-41)55-47-43-27-14-13-24-40(43)33-44(36-18-7-2-8-19-36)45(47)46(54-55)37-20-9-3-10-21-37/h1-33H. The number of fused-ring (bicyclic) bond motifs is 3. The van der Waals surface area contributed by atoms with Gasteiger partial charge < -0.3 is 0 Å². The average molecular weight is 704 g/mol. The van der Waals surface area contributed by atoms with Crippen molar-refractivity contribution in [3.63, 3.8) is 0 Å². The maximum Gasteiger partial charge on any atom is 0.164 e. The zero-order valence-corrected chi connectivity index (χ0v) is 29.8. The van der Waals surface area contributed by atoms with Crippen molar-refractivity contribution in [2.24, 2.45) is 0 Å². The van der Waals surface area contributed by atoms with Crippen molar-refractivity contribution >= 4 is 21.7 Å². The number of aromatic nitrogens is 5. The largest absolute Gasteiger partial charge is 0.232 e. The van der Waals surface area contributed by atoms with Crippen LogP contribution in [0.5, 0.6) is 0 Å². The summed E-state index contributed by atoms with van der Waals surface area (Å²) in [6.07, 6.45) is 0. The quantitative estimate of drug-likeness (QED) is 0.166. The van der Waals surface area contributed by atoms with E-state index in [9.17, 15) is 0 Å². The van der Waals surface area contributed by atoms with Crippen LogP contribution >= 0.6 is 0 Å². The molecule has 0 amide bonds. The molecule has 0 fully saturated rings. The number of nitrogens with zero attached hydrogens (tertiary/aromatic N) is 5. The van der Waals surface area contributed by atoms with Crippen LogP contribution in [0.4, 0.5) is 0 Å². The molecule has 2 aromatic heterocycles. The van der Waals surface area contributed by atoms with E-state index in [1.54, 1.807) is 0 Å². The molecule has 0 unspecified atom stereocenters. The van der Waals surface area contributed by atoms with E-state index in [0.29, 0.717) is 17.5 Å². The van der Waals surface area contributed by atoms with E-state index >= 15 is 0 Å². The summed E-state index contributed by atoms with van der Waals surface area (Å²) in [5, 5.41) is 8.81. The predicted molar refractivity (Wildman–Crippen MR) is 225 cm³/mol. The van der Waals surface area contributed by atoms with Crippen molar-refractivity contribution in [3.8, 4) is 73.4 Å². The number of hydrogen-bond donors (Lipinski definition) is 0. The Morgan fingerprint density at radius 1 is 0.345 bits per heavy atom. The molecule has 0 N–H and O–H groups in total. The van der Waals surface area contributed by atoms with Gasteiger partial charge in [-0.25, -0.2) is 19.6 Å². The van der Waals surface area contributed by atoms with Gasteiger partial charge in [-0.3, -0.25) is 0 Å². The van der Waals surface area contributed by atoms with Gasteiger partial charge >= 0.3 is 0 Å². The molecule has 0 spiro atoms. The zero-order chi connectivity index (χ0) is 36.6. The molecule has 0 radical (unpaired) electrons. The average Bonchev–Trinajstić information content (AvgIpc) is 3.69. The summed E-state index contributed by atoms with van der Waals surface area (Å²) < 4.78 is 2.10. The Morgan fingerprint density at radius 3 is 1.47 bits per heavy atom. The minimum absolute atomic E-state index is 0.590. The highest BCUT2D eigenvalue weighted by Gasteiger charge is 2.22. The first-order valence-electron chi connectivity index (χ1n) is 18.4. The third-order valence-electron chi connectivity index (χ3n) is 10.1. The highest BCUT2D eigenvalue weighted by molar-refractivity contribution is 6.17. The van der Waals surface area contributed by atoms with Crippen LogP contribution in [0.25, 0.3) is 95.0 Å². The minimum atomic E-state index is 0.590. The Bertz CT molecular complexity index is 2940. The highest BCUT2D eigenvalue weighted by atomic mass is 15.3. The van der Waals surface area contributed by atoms with Crippen LogP contribution in [0, 0.1) is 0 Å². The van der Waals surface area contributed by atoms with Crippen LogP contribution in [0.2, 0.25) is 0 Å². The van der Waals surface area contributed by atoms with Crippen molar-refractivity contribution in [2.45, 2.75) is 0 Å². The lowest BCUT2D eigenvalue weighted by Crippen LogP contribution is -2.02. The number of benzene rings is 8. The molecule has 0 aliphatic heterocycles. The molecule has 0 saturated carbocycles. The van der Waals surface area contributed by atoms with Crippen molar-refractivity contribution < 1.29 is 0 Å². The fourth-order valence-electron chi connectivity index (χ4n) is 7.39. The molecule has 0 aliphatic rings. The summed E-state index contributed by atoms with van der Waals surface area (Å²) in [7, 11) is 0. The summed E-state index contributed by atoms with van der Waals surface area (Å²) >= 11 is 0. The molecule has 5 heteroatoms. The first-order chi connectivity index (χ1) is 27.3. The van der Waals surface area contributed by atoms with Gasteiger partial charge in [0.05, 0.1) is 11.2 Å². The van der Waals surface area contributed by atoms with E-state index in [0.717, 1.165) is 77.6 Å². The maximum absolute atomic E-state index is 5.43. The van der Waals surface area contributed by atoms with Gasteiger partial charge in [0.2, 0.25) is 0 Å². The fourth-order valence-corrected chi connectivity index (χ4v) is 7.39. The molecule has 258 valence electrons. The Hall–Kier alpha value is -7.50. The van der Waals surface area contributed by atoms with E-state index in [1.165, 1.54) is 0 Å². The summed E-state index contributed by atoms with van der Waals surface area (Å²) in [6.45, 7) is 0. The summed E-state index contributed by atoms with van der Waals surface area (Å²) in [5.74, 6) is 1.82. The van der Waals surface area contributed by atoms with Crippen molar-refractivity contribution in [2.75, 3.05) is 0 Å². The van der Waals surface area contributed by atoms with E-state index in [1.807, 2.05) is 42.5 Å².